The van der Waals surface area contributed by atoms with Crippen LogP contribution in [0.4, 0.5) is 0 Å². The summed E-state index contributed by atoms with van der Waals surface area (Å²) in [6.45, 7) is 1.76. The maximum atomic E-state index is 5.83. The molecule has 0 amide bonds. The summed E-state index contributed by atoms with van der Waals surface area (Å²) in [5.41, 5.74) is 5.83. The van der Waals surface area contributed by atoms with E-state index in [1.807, 2.05) is 11.3 Å². The molecule has 3 heteroatoms. The molecule has 1 saturated carbocycles. The lowest BCUT2D eigenvalue weighted by atomic mass is 9.98. The van der Waals surface area contributed by atoms with Gasteiger partial charge in [0.25, 0.3) is 0 Å². The standard InChI is InChI=1S/C12H20N2S/c13-8-12(10-4-1-2-5-10)14-9-11-6-3-7-15-11/h3,6-7,10,12,14H,1-2,4-5,8-9,13H2. The Kier molecular flexibility index (Phi) is 4.18. The van der Waals surface area contributed by atoms with Crippen molar-refractivity contribution in [1.82, 2.24) is 5.32 Å². The highest BCUT2D eigenvalue weighted by Crippen LogP contribution is 2.27. The number of hydrogen-bond donors (Lipinski definition) is 2. The van der Waals surface area contributed by atoms with Gasteiger partial charge in [0, 0.05) is 24.0 Å². The second-order valence-corrected chi connectivity index (χ2v) is 5.38. The third-order valence-corrected chi connectivity index (χ3v) is 4.22. The van der Waals surface area contributed by atoms with E-state index in [1.54, 1.807) is 0 Å². The van der Waals surface area contributed by atoms with Crippen LogP contribution >= 0.6 is 11.3 Å². The molecule has 0 radical (unpaired) electrons. The average molecular weight is 224 g/mol. The van der Waals surface area contributed by atoms with Crippen LogP contribution in [0.1, 0.15) is 30.6 Å². The van der Waals surface area contributed by atoms with E-state index in [9.17, 15) is 0 Å². The van der Waals surface area contributed by atoms with Gasteiger partial charge in [-0.15, -0.1) is 11.3 Å². The first-order valence-electron chi connectivity index (χ1n) is 5.86. The lowest BCUT2D eigenvalue weighted by molar-refractivity contribution is 0.364. The highest BCUT2D eigenvalue weighted by molar-refractivity contribution is 7.09. The van der Waals surface area contributed by atoms with Gasteiger partial charge in [-0.25, -0.2) is 0 Å². The predicted molar refractivity (Wildman–Crippen MR) is 66.0 cm³/mol. The first-order valence-corrected chi connectivity index (χ1v) is 6.74. The predicted octanol–water partition coefficient (Wildman–Crippen LogP) is 2.36. The summed E-state index contributed by atoms with van der Waals surface area (Å²) in [4.78, 5) is 1.41. The van der Waals surface area contributed by atoms with Gasteiger partial charge in [-0.3, -0.25) is 0 Å². The molecule has 84 valence electrons. The Morgan fingerprint density at radius 1 is 1.47 bits per heavy atom. The van der Waals surface area contributed by atoms with Crippen molar-refractivity contribution in [1.29, 1.82) is 0 Å². The van der Waals surface area contributed by atoms with Crippen molar-refractivity contribution >= 4 is 11.3 Å². The molecule has 1 aliphatic carbocycles. The maximum absolute atomic E-state index is 5.83. The highest BCUT2D eigenvalue weighted by atomic mass is 32.1. The Labute approximate surface area is 95.9 Å². The third-order valence-electron chi connectivity index (χ3n) is 3.34. The SMILES string of the molecule is NCC(NCc1cccs1)C1CCCC1. The molecule has 1 fully saturated rings. The molecule has 2 rings (SSSR count). The molecule has 0 aromatic carbocycles. The topological polar surface area (TPSA) is 38.0 Å². The van der Waals surface area contributed by atoms with E-state index < -0.39 is 0 Å². The molecular formula is C12H20N2S. The zero-order valence-electron chi connectivity index (χ0n) is 9.11. The smallest absolute Gasteiger partial charge is 0.0302 e. The minimum Gasteiger partial charge on any atom is -0.329 e. The largest absolute Gasteiger partial charge is 0.329 e. The summed E-state index contributed by atoms with van der Waals surface area (Å²) < 4.78 is 0. The third kappa shape index (κ3) is 3.03. The van der Waals surface area contributed by atoms with Crippen molar-refractivity contribution < 1.29 is 0 Å². The molecule has 1 aliphatic rings. The van der Waals surface area contributed by atoms with Crippen LogP contribution in [0.3, 0.4) is 0 Å². The fourth-order valence-electron chi connectivity index (χ4n) is 2.45. The van der Waals surface area contributed by atoms with Gasteiger partial charge in [-0.2, -0.15) is 0 Å². The van der Waals surface area contributed by atoms with Crippen LogP contribution in [0.15, 0.2) is 17.5 Å². The van der Waals surface area contributed by atoms with Gasteiger partial charge in [-0.05, 0) is 30.2 Å². The fourth-order valence-corrected chi connectivity index (χ4v) is 3.10. The molecule has 15 heavy (non-hydrogen) atoms. The maximum Gasteiger partial charge on any atom is 0.0302 e. The first-order chi connectivity index (χ1) is 7.40. The van der Waals surface area contributed by atoms with Crippen LogP contribution in [0.2, 0.25) is 0 Å². The molecule has 0 spiro atoms. The quantitative estimate of drug-likeness (QED) is 0.806. The monoisotopic (exact) mass is 224 g/mol. The van der Waals surface area contributed by atoms with Gasteiger partial charge in [0.15, 0.2) is 0 Å². The molecular weight excluding hydrogens is 204 g/mol. The Morgan fingerprint density at radius 3 is 2.87 bits per heavy atom. The molecule has 1 aromatic heterocycles. The summed E-state index contributed by atoms with van der Waals surface area (Å²) >= 11 is 1.81. The molecule has 1 unspecified atom stereocenters. The van der Waals surface area contributed by atoms with Crippen LogP contribution in [-0.4, -0.2) is 12.6 Å². The normalized spacial score (nSPS) is 19.5. The van der Waals surface area contributed by atoms with E-state index in [2.05, 4.69) is 22.8 Å². The van der Waals surface area contributed by atoms with Gasteiger partial charge in [-0.1, -0.05) is 18.9 Å². The lowest BCUT2D eigenvalue weighted by Gasteiger charge is -2.22. The molecule has 1 atom stereocenters. The number of rotatable bonds is 5. The molecule has 2 nitrogen and oxygen atoms in total. The van der Waals surface area contributed by atoms with E-state index in [1.165, 1.54) is 30.6 Å². The highest BCUT2D eigenvalue weighted by Gasteiger charge is 2.23. The molecule has 3 N–H and O–H groups in total. The van der Waals surface area contributed by atoms with Crippen LogP contribution < -0.4 is 11.1 Å². The minimum absolute atomic E-state index is 0.523. The molecule has 1 aromatic rings. The Morgan fingerprint density at radius 2 is 2.27 bits per heavy atom. The average Bonchev–Trinajstić information content (AvgIpc) is 2.90. The molecule has 0 bridgehead atoms. The Hall–Kier alpha value is -0.380. The van der Waals surface area contributed by atoms with Crippen molar-refractivity contribution in [2.75, 3.05) is 6.54 Å². The lowest BCUT2D eigenvalue weighted by Crippen LogP contribution is -2.40. The fraction of sp³-hybridized carbons (Fsp3) is 0.667. The zero-order valence-corrected chi connectivity index (χ0v) is 9.93. The Bertz CT molecular complexity index is 265. The van der Waals surface area contributed by atoms with Crippen molar-refractivity contribution in [3.8, 4) is 0 Å². The van der Waals surface area contributed by atoms with Gasteiger partial charge >= 0.3 is 0 Å². The van der Waals surface area contributed by atoms with E-state index in [0.717, 1.165) is 19.0 Å². The van der Waals surface area contributed by atoms with E-state index in [4.69, 9.17) is 5.73 Å². The van der Waals surface area contributed by atoms with Gasteiger partial charge < -0.3 is 11.1 Å². The van der Waals surface area contributed by atoms with Crippen molar-refractivity contribution in [2.24, 2.45) is 11.7 Å². The van der Waals surface area contributed by atoms with Crippen LogP contribution in [-0.2, 0) is 6.54 Å². The summed E-state index contributed by atoms with van der Waals surface area (Å²) in [5.74, 6) is 0.815. The number of nitrogens with two attached hydrogens (primary N) is 1. The van der Waals surface area contributed by atoms with Gasteiger partial charge in [0.05, 0.1) is 0 Å². The van der Waals surface area contributed by atoms with Crippen molar-refractivity contribution in [2.45, 2.75) is 38.3 Å². The number of thiophene rings is 1. The Balaban J connectivity index is 1.80. The van der Waals surface area contributed by atoms with Crippen molar-refractivity contribution in [3.63, 3.8) is 0 Å². The van der Waals surface area contributed by atoms with Gasteiger partial charge in [0.2, 0.25) is 0 Å². The van der Waals surface area contributed by atoms with Gasteiger partial charge in [0.1, 0.15) is 0 Å². The van der Waals surface area contributed by atoms with E-state index in [-0.39, 0.29) is 0 Å². The molecule has 0 saturated heterocycles. The zero-order chi connectivity index (χ0) is 10.5. The second-order valence-electron chi connectivity index (χ2n) is 4.35. The molecule has 0 aliphatic heterocycles. The second kappa shape index (κ2) is 5.64. The minimum atomic E-state index is 0.523. The summed E-state index contributed by atoms with van der Waals surface area (Å²) in [5, 5.41) is 5.73. The summed E-state index contributed by atoms with van der Waals surface area (Å²) in [7, 11) is 0. The van der Waals surface area contributed by atoms with Crippen LogP contribution in [0.5, 0.6) is 0 Å². The first kappa shape index (κ1) is 11.1. The van der Waals surface area contributed by atoms with Crippen molar-refractivity contribution in [3.05, 3.63) is 22.4 Å². The van der Waals surface area contributed by atoms with E-state index >= 15 is 0 Å². The summed E-state index contributed by atoms with van der Waals surface area (Å²) in [6, 6.07) is 4.81. The van der Waals surface area contributed by atoms with E-state index in [0.29, 0.717) is 6.04 Å². The molecule has 1 heterocycles. The number of hydrogen-bond acceptors (Lipinski definition) is 3. The summed E-state index contributed by atoms with van der Waals surface area (Å²) in [6.07, 6.45) is 5.50. The number of nitrogens with one attached hydrogen (secondary N) is 1. The van der Waals surface area contributed by atoms with Crippen LogP contribution in [0.25, 0.3) is 0 Å². The van der Waals surface area contributed by atoms with Crippen LogP contribution in [0, 0.1) is 5.92 Å².